The predicted octanol–water partition coefficient (Wildman–Crippen LogP) is 3.98. The van der Waals surface area contributed by atoms with Crippen LogP contribution in [0.3, 0.4) is 0 Å². The van der Waals surface area contributed by atoms with Gasteiger partial charge in [0.25, 0.3) is 0 Å². The van der Waals surface area contributed by atoms with Gasteiger partial charge in [0.1, 0.15) is 0 Å². The molecule has 9 heteroatoms. The highest BCUT2D eigenvalue weighted by molar-refractivity contribution is 7.89. The van der Waals surface area contributed by atoms with Crippen molar-refractivity contribution < 1.29 is 22.7 Å². The van der Waals surface area contributed by atoms with Crippen LogP contribution in [0.2, 0.25) is 0 Å². The van der Waals surface area contributed by atoms with Crippen molar-refractivity contribution in [2.75, 3.05) is 50.6 Å². The zero-order valence-corrected chi connectivity index (χ0v) is 20.9. The van der Waals surface area contributed by atoms with E-state index in [1.165, 1.54) is 10.4 Å². The molecule has 1 N–H and O–H groups in total. The Morgan fingerprint density at radius 1 is 0.970 bits per heavy atom. The third-order valence-electron chi connectivity index (χ3n) is 5.02. The third kappa shape index (κ3) is 7.10. The molecule has 0 spiro atoms. The minimum Gasteiger partial charge on any atom is -0.490 e. The zero-order valence-electron chi connectivity index (χ0n) is 20.1. The molecule has 8 nitrogen and oxygen atoms in total. The summed E-state index contributed by atoms with van der Waals surface area (Å²) in [5, 5.41) is 2.87. The van der Waals surface area contributed by atoms with Gasteiger partial charge in [-0.3, -0.25) is 4.79 Å². The number of hydrogen-bond donors (Lipinski definition) is 1. The van der Waals surface area contributed by atoms with Gasteiger partial charge < -0.3 is 19.7 Å². The van der Waals surface area contributed by atoms with Gasteiger partial charge in [-0.25, -0.2) is 8.42 Å². The lowest BCUT2D eigenvalue weighted by Crippen LogP contribution is -2.30. The fraction of sp³-hybridized carbons (Fsp3) is 0.458. The molecule has 33 heavy (non-hydrogen) atoms. The third-order valence-corrected chi connectivity index (χ3v) is 7.07. The molecule has 0 atom stereocenters. The van der Waals surface area contributed by atoms with Gasteiger partial charge >= 0.3 is 0 Å². The van der Waals surface area contributed by atoms with Crippen LogP contribution < -0.4 is 19.7 Å². The molecular formula is C24H35N3O5S. The normalized spacial score (nSPS) is 11.3. The Morgan fingerprint density at radius 2 is 1.61 bits per heavy atom. The number of carbonyl (C=O) groups is 1. The van der Waals surface area contributed by atoms with Crippen molar-refractivity contribution in [3.05, 3.63) is 42.5 Å². The molecule has 0 aliphatic carbocycles. The van der Waals surface area contributed by atoms with E-state index in [1.54, 1.807) is 26.0 Å². The van der Waals surface area contributed by atoms with Crippen LogP contribution >= 0.6 is 0 Å². The Bertz CT molecular complexity index is 1020. The minimum absolute atomic E-state index is 0.156. The molecule has 1 amide bonds. The fourth-order valence-electron chi connectivity index (χ4n) is 3.35. The van der Waals surface area contributed by atoms with Crippen LogP contribution in [0.4, 0.5) is 11.4 Å². The van der Waals surface area contributed by atoms with E-state index in [1.807, 2.05) is 50.2 Å². The monoisotopic (exact) mass is 477 g/mol. The molecule has 0 bridgehead atoms. The summed E-state index contributed by atoms with van der Waals surface area (Å²) in [5.74, 6) is 1.10. The first-order chi connectivity index (χ1) is 15.7. The first-order valence-electron chi connectivity index (χ1n) is 11.2. The first-order valence-corrected chi connectivity index (χ1v) is 12.6. The average molecular weight is 478 g/mol. The van der Waals surface area contributed by atoms with Gasteiger partial charge in [0, 0.05) is 33.6 Å². The summed E-state index contributed by atoms with van der Waals surface area (Å²) in [5.41, 5.74) is 1.18. The summed E-state index contributed by atoms with van der Waals surface area (Å²) in [7, 11) is 0.0502. The van der Waals surface area contributed by atoms with Crippen LogP contribution in [0.1, 0.15) is 33.6 Å². The lowest BCUT2D eigenvalue weighted by Gasteiger charge is -2.22. The van der Waals surface area contributed by atoms with Crippen LogP contribution in [-0.2, 0) is 14.8 Å². The molecule has 2 aromatic rings. The maximum Gasteiger partial charge on any atom is 0.243 e. The second-order valence-corrected chi connectivity index (χ2v) is 9.48. The standard InChI is InChI=1S/C24H35N3O5S/c1-6-27(7-2)33(29,30)19-15-16-21(26(4)5)20(18-19)25-24(28)14-11-17-32-23-13-10-9-12-22(23)31-8-3/h9-10,12-13,15-16,18H,6-8,11,14,17H2,1-5H3,(H,25,28). The van der Waals surface area contributed by atoms with Crippen molar-refractivity contribution in [1.29, 1.82) is 0 Å². The summed E-state index contributed by atoms with van der Waals surface area (Å²) in [4.78, 5) is 14.6. The van der Waals surface area contributed by atoms with Crippen molar-refractivity contribution in [1.82, 2.24) is 4.31 Å². The molecule has 0 heterocycles. The van der Waals surface area contributed by atoms with Gasteiger partial charge in [-0.15, -0.1) is 0 Å². The van der Waals surface area contributed by atoms with E-state index >= 15 is 0 Å². The predicted molar refractivity (Wildman–Crippen MR) is 132 cm³/mol. The Labute approximate surface area is 197 Å². The minimum atomic E-state index is -3.63. The summed E-state index contributed by atoms with van der Waals surface area (Å²) in [6, 6.07) is 12.2. The smallest absolute Gasteiger partial charge is 0.243 e. The lowest BCUT2D eigenvalue weighted by atomic mass is 10.2. The fourth-order valence-corrected chi connectivity index (χ4v) is 4.83. The number of amides is 1. The van der Waals surface area contributed by atoms with Crippen molar-refractivity contribution in [3.63, 3.8) is 0 Å². The lowest BCUT2D eigenvalue weighted by molar-refractivity contribution is -0.116. The number of anilines is 2. The maximum absolute atomic E-state index is 12.9. The SMILES string of the molecule is CCOc1ccccc1OCCCC(=O)Nc1cc(S(=O)(=O)N(CC)CC)ccc1N(C)C. The molecule has 2 rings (SSSR count). The molecule has 0 radical (unpaired) electrons. The molecule has 182 valence electrons. The van der Waals surface area contributed by atoms with Crippen LogP contribution in [0, 0.1) is 0 Å². The summed E-state index contributed by atoms with van der Waals surface area (Å²) >= 11 is 0. The maximum atomic E-state index is 12.9. The number of benzene rings is 2. The topological polar surface area (TPSA) is 88.2 Å². The van der Waals surface area contributed by atoms with Gasteiger partial charge in [0.15, 0.2) is 11.5 Å². The highest BCUT2D eigenvalue weighted by atomic mass is 32.2. The number of sulfonamides is 1. The molecular weight excluding hydrogens is 442 g/mol. The molecule has 2 aromatic carbocycles. The Morgan fingerprint density at radius 3 is 2.18 bits per heavy atom. The molecule has 0 saturated heterocycles. The van der Waals surface area contributed by atoms with Crippen LogP contribution in [0.25, 0.3) is 0 Å². The van der Waals surface area contributed by atoms with Gasteiger partial charge in [0.05, 0.1) is 29.5 Å². The second-order valence-electron chi connectivity index (χ2n) is 7.54. The summed E-state index contributed by atoms with van der Waals surface area (Å²) < 4.78 is 38.5. The van der Waals surface area contributed by atoms with Crippen molar-refractivity contribution in [2.45, 2.75) is 38.5 Å². The second kappa shape index (κ2) is 12.5. The molecule has 0 aromatic heterocycles. The largest absolute Gasteiger partial charge is 0.490 e. The van der Waals surface area contributed by atoms with E-state index < -0.39 is 10.0 Å². The number of ether oxygens (including phenoxy) is 2. The van der Waals surface area contributed by atoms with Crippen molar-refractivity contribution in [2.24, 2.45) is 0 Å². The van der Waals surface area contributed by atoms with Crippen molar-refractivity contribution in [3.8, 4) is 11.5 Å². The number of carbonyl (C=O) groups excluding carboxylic acids is 1. The van der Waals surface area contributed by atoms with Gasteiger partial charge in [-0.1, -0.05) is 26.0 Å². The number of nitrogens with one attached hydrogen (secondary N) is 1. The Hall–Kier alpha value is -2.78. The highest BCUT2D eigenvalue weighted by Crippen LogP contribution is 2.30. The van der Waals surface area contributed by atoms with Crippen LogP contribution in [-0.4, -0.2) is 59.0 Å². The van der Waals surface area contributed by atoms with Gasteiger partial charge in [-0.2, -0.15) is 4.31 Å². The highest BCUT2D eigenvalue weighted by Gasteiger charge is 2.23. The molecule has 0 fully saturated rings. The summed E-state index contributed by atoms with van der Waals surface area (Å²) in [6.45, 7) is 7.16. The number of hydrogen-bond acceptors (Lipinski definition) is 6. The Balaban J connectivity index is 2.05. The van der Waals surface area contributed by atoms with Crippen LogP contribution in [0.5, 0.6) is 11.5 Å². The van der Waals surface area contributed by atoms with E-state index in [2.05, 4.69) is 5.32 Å². The molecule has 0 aliphatic rings. The number of nitrogens with zero attached hydrogens (tertiary/aromatic N) is 2. The van der Waals surface area contributed by atoms with E-state index in [0.29, 0.717) is 49.9 Å². The van der Waals surface area contributed by atoms with Crippen molar-refractivity contribution >= 4 is 27.3 Å². The van der Waals surface area contributed by atoms with E-state index in [0.717, 1.165) is 5.69 Å². The quantitative estimate of drug-likeness (QED) is 0.439. The first kappa shape index (κ1) is 26.5. The van der Waals surface area contributed by atoms with E-state index in [-0.39, 0.29) is 17.2 Å². The van der Waals surface area contributed by atoms with Gasteiger partial charge in [-0.05, 0) is 43.7 Å². The molecule has 0 unspecified atom stereocenters. The number of rotatable bonds is 13. The van der Waals surface area contributed by atoms with E-state index in [4.69, 9.17) is 9.47 Å². The number of para-hydroxylation sites is 2. The Kier molecular flexibility index (Phi) is 9.99. The molecule has 0 aliphatic heterocycles. The average Bonchev–Trinajstić information content (AvgIpc) is 2.78. The summed E-state index contributed by atoms with van der Waals surface area (Å²) in [6.07, 6.45) is 0.734. The van der Waals surface area contributed by atoms with Crippen LogP contribution in [0.15, 0.2) is 47.4 Å². The van der Waals surface area contributed by atoms with Gasteiger partial charge in [0.2, 0.25) is 15.9 Å². The molecule has 0 saturated carbocycles. The van der Waals surface area contributed by atoms with E-state index in [9.17, 15) is 13.2 Å². The zero-order chi connectivity index (χ0) is 24.4.